The summed E-state index contributed by atoms with van der Waals surface area (Å²) in [6.45, 7) is 1.92. The highest BCUT2D eigenvalue weighted by Crippen LogP contribution is 2.44. The molecule has 0 aliphatic heterocycles. The largest absolute Gasteiger partial charge is 0.351 e. The maximum absolute atomic E-state index is 12.9. The number of hydrogen-bond donors (Lipinski definition) is 4. The summed E-state index contributed by atoms with van der Waals surface area (Å²) in [5.74, 6) is -0.296. The van der Waals surface area contributed by atoms with Crippen LogP contribution >= 0.6 is 11.3 Å². The fourth-order valence-electron chi connectivity index (χ4n) is 5.94. The Balaban J connectivity index is 0.965. The van der Waals surface area contributed by atoms with Gasteiger partial charge in [0.2, 0.25) is 6.41 Å². The molecular weight excluding hydrogens is 635 g/mol. The van der Waals surface area contributed by atoms with Crippen LogP contribution in [-0.2, 0) is 14.9 Å². The minimum Gasteiger partial charge on any atom is -0.351 e. The Hall–Kier alpha value is -4.91. The number of fused-ring (bicyclic) bond motifs is 4. The van der Waals surface area contributed by atoms with Crippen LogP contribution in [-0.4, -0.2) is 42.0 Å². The number of aromatic nitrogens is 1. The number of carbonyl (C=O) groups is 1. The number of nitrogens with one attached hydrogen (secondary N) is 2. The Bertz CT molecular complexity index is 2190. The van der Waals surface area contributed by atoms with Gasteiger partial charge in [-0.1, -0.05) is 54.6 Å². The average Bonchev–Trinajstić information content (AvgIpc) is 3.63. The highest BCUT2D eigenvalue weighted by Gasteiger charge is 2.28. The molecule has 1 aliphatic rings. The van der Waals surface area contributed by atoms with Gasteiger partial charge in [-0.15, -0.1) is 11.3 Å². The molecule has 1 aromatic heterocycles. The summed E-state index contributed by atoms with van der Waals surface area (Å²) in [6.07, 6.45) is -1.24. The zero-order chi connectivity index (χ0) is 32.7. The van der Waals surface area contributed by atoms with E-state index in [1.54, 1.807) is 67.6 Å². The van der Waals surface area contributed by atoms with Crippen molar-refractivity contribution in [2.24, 2.45) is 0 Å². The van der Waals surface area contributed by atoms with Gasteiger partial charge in [-0.2, -0.15) is 8.42 Å². The van der Waals surface area contributed by atoms with Crippen molar-refractivity contribution in [3.05, 3.63) is 131 Å². The normalized spacial score (nSPS) is 13.3. The number of aryl methyl sites for hydroxylation is 1. The topological polar surface area (TPSA) is 138 Å². The molecule has 1 atom stereocenters. The van der Waals surface area contributed by atoms with E-state index in [2.05, 4.69) is 39.9 Å². The van der Waals surface area contributed by atoms with Crippen LogP contribution in [0.2, 0.25) is 0 Å². The maximum atomic E-state index is 12.9. The number of carbonyl (C=O) groups excluding carboxylic acids is 1. The van der Waals surface area contributed by atoms with Crippen LogP contribution < -0.4 is 10.6 Å². The third-order valence-electron chi connectivity index (χ3n) is 8.18. The highest BCUT2D eigenvalue weighted by molar-refractivity contribution is 7.86. The number of anilines is 2. The number of rotatable bonds is 9. The monoisotopic (exact) mass is 663 g/mol. The summed E-state index contributed by atoms with van der Waals surface area (Å²) < 4.78 is 39.8. The molecule has 0 fully saturated rings. The van der Waals surface area contributed by atoms with Gasteiger partial charge in [0.15, 0.2) is 0 Å². The van der Waals surface area contributed by atoms with Crippen molar-refractivity contribution >= 4 is 49.0 Å². The molecule has 1 unspecified atom stereocenters. The molecule has 1 aliphatic carbocycles. The first-order chi connectivity index (χ1) is 22.7. The molecule has 5 aromatic carbocycles. The molecule has 1 heterocycles. The third-order valence-corrected chi connectivity index (χ3v) is 10.5. The lowest BCUT2D eigenvalue weighted by molar-refractivity contribution is -0.0801. The number of ether oxygens (including phenoxy) is 1. The fraction of sp³-hybridized carbons (Fsp3) is 0.111. The first-order valence-electron chi connectivity index (χ1n) is 14.8. The Labute approximate surface area is 275 Å². The first-order valence-corrected chi connectivity index (χ1v) is 17.1. The van der Waals surface area contributed by atoms with E-state index < -0.39 is 16.5 Å². The molecule has 0 bridgehead atoms. The van der Waals surface area contributed by atoms with E-state index in [0.29, 0.717) is 44.3 Å². The molecule has 11 heteroatoms. The van der Waals surface area contributed by atoms with Crippen molar-refractivity contribution in [3.8, 4) is 21.7 Å². The van der Waals surface area contributed by atoms with Crippen molar-refractivity contribution in [3.63, 3.8) is 0 Å². The van der Waals surface area contributed by atoms with E-state index >= 15 is 0 Å². The summed E-state index contributed by atoms with van der Waals surface area (Å²) in [5, 5.41) is 17.0. The van der Waals surface area contributed by atoms with Crippen LogP contribution in [0.15, 0.2) is 114 Å². The Morgan fingerprint density at radius 3 is 2.13 bits per heavy atom. The number of aliphatic hydroxyl groups excluding tert-OH is 1. The smallest absolute Gasteiger partial charge is 0.296 e. The van der Waals surface area contributed by atoms with Gasteiger partial charge in [0.25, 0.3) is 16.0 Å². The quantitative estimate of drug-likeness (QED) is 0.0935. The fourth-order valence-corrected chi connectivity index (χ4v) is 8.26. The number of amides is 1. The zero-order valence-electron chi connectivity index (χ0n) is 25.0. The van der Waals surface area contributed by atoms with Crippen molar-refractivity contribution in [2.75, 3.05) is 17.2 Å². The van der Waals surface area contributed by atoms with E-state index in [1.165, 1.54) is 33.6 Å². The van der Waals surface area contributed by atoms with Gasteiger partial charge in [0, 0.05) is 28.4 Å². The van der Waals surface area contributed by atoms with Crippen molar-refractivity contribution in [2.45, 2.75) is 24.2 Å². The van der Waals surface area contributed by atoms with Crippen LogP contribution in [0.1, 0.15) is 33.0 Å². The second-order valence-corrected chi connectivity index (χ2v) is 13.6. The average molecular weight is 664 g/mol. The number of nitrogens with zero attached hydrogens (tertiary/aromatic N) is 1. The van der Waals surface area contributed by atoms with Crippen molar-refractivity contribution in [1.29, 1.82) is 0 Å². The van der Waals surface area contributed by atoms with Crippen LogP contribution in [0, 0.1) is 6.92 Å². The van der Waals surface area contributed by atoms with Gasteiger partial charge in [0.1, 0.15) is 9.90 Å². The van der Waals surface area contributed by atoms with E-state index in [0.717, 1.165) is 5.56 Å². The van der Waals surface area contributed by atoms with Gasteiger partial charge in [-0.25, -0.2) is 4.98 Å². The molecule has 6 aromatic rings. The van der Waals surface area contributed by atoms with Gasteiger partial charge < -0.3 is 20.5 Å². The summed E-state index contributed by atoms with van der Waals surface area (Å²) in [7, 11) is -4.41. The number of benzene rings is 5. The van der Waals surface area contributed by atoms with Gasteiger partial charge >= 0.3 is 0 Å². The third kappa shape index (κ3) is 6.14. The van der Waals surface area contributed by atoms with Crippen LogP contribution in [0.3, 0.4) is 0 Å². The molecule has 236 valence electrons. The first kappa shape index (κ1) is 30.7. The van der Waals surface area contributed by atoms with Gasteiger partial charge in [-0.3, -0.25) is 9.35 Å². The van der Waals surface area contributed by atoms with Crippen LogP contribution in [0.25, 0.3) is 31.9 Å². The Kier molecular flexibility index (Phi) is 8.08. The lowest BCUT2D eigenvalue weighted by Crippen LogP contribution is -2.25. The molecule has 0 saturated carbocycles. The van der Waals surface area contributed by atoms with E-state index in [1.807, 2.05) is 24.3 Å². The minimum atomic E-state index is -4.41. The summed E-state index contributed by atoms with van der Waals surface area (Å²) in [5.41, 5.74) is 7.95. The van der Waals surface area contributed by atoms with Gasteiger partial charge in [-0.05, 0) is 89.3 Å². The van der Waals surface area contributed by atoms with Gasteiger partial charge in [0.05, 0.1) is 16.8 Å². The number of thiazole rings is 1. The zero-order valence-corrected chi connectivity index (χ0v) is 26.7. The molecule has 4 N–H and O–H groups in total. The number of hydrogen-bond acceptors (Lipinski definition) is 8. The van der Waals surface area contributed by atoms with Crippen LogP contribution in [0.4, 0.5) is 11.4 Å². The van der Waals surface area contributed by atoms with E-state index in [-0.39, 0.29) is 16.7 Å². The number of aliphatic hydroxyl groups is 1. The molecule has 0 spiro atoms. The molecule has 0 saturated heterocycles. The lowest BCUT2D eigenvalue weighted by atomic mass is 9.98. The minimum absolute atomic E-state index is 0.0161. The maximum Gasteiger partial charge on any atom is 0.296 e. The van der Waals surface area contributed by atoms with Crippen molar-refractivity contribution in [1.82, 2.24) is 4.98 Å². The molecular formula is C36H29N3O6S2. The molecule has 9 nitrogen and oxygen atoms in total. The lowest BCUT2D eigenvalue weighted by Gasteiger charge is -2.19. The molecule has 0 radical (unpaired) electrons. The Morgan fingerprint density at radius 1 is 0.872 bits per heavy atom. The second-order valence-electron chi connectivity index (χ2n) is 11.2. The molecule has 1 amide bonds. The summed E-state index contributed by atoms with van der Waals surface area (Å²) >= 11 is 1.17. The molecule has 7 rings (SSSR count). The van der Waals surface area contributed by atoms with Crippen molar-refractivity contribution < 1.29 is 27.6 Å². The van der Waals surface area contributed by atoms with E-state index in [9.17, 15) is 22.9 Å². The second kappa shape index (κ2) is 12.4. The van der Waals surface area contributed by atoms with Crippen LogP contribution in [0.5, 0.6) is 0 Å². The van der Waals surface area contributed by atoms with E-state index in [4.69, 9.17) is 4.74 Å². The highest BCUT2D eigenvalue weighted by atomic mass is 32.2. The SMILES string of the molecule is Cc1ccc2nc(-c3ccc(NC(=O)c4ccc(NC(O)OCC5c6ccccc6-c6ccccc65)cc4)cc3)sc2c1S(=O)(=O)O. The predicted octanol–water partition coefficient (Wildman–Crippen LogP) is 7.29. The summed E-state index contributed by atoms with van der Waals surface area (Å²) in [4.78, 5) is 17.3. The standard InChI is InChI=1S/C36H29N3O6S2/c1-21-10-19-31-32(33(21)47(42,43)44)46-35(39-31)23-13-17-24(18-14-23)37-34(40)22-11-15-25(16-12-22)38-36(41)45-20-30-28-8-4-2-6-26(28)27-7-3-5-9-29(27)30/h2-19,30,36,38,41H,20H2,1H3,(H,37,40)(H,42,43,44). The summed E-state index contributed by atoms with van der Waals surface area (Å²) in [6, 6.07) is 33.5. The Morgan fingerprint density at radius 2 is 1.49 bits per heavy atom. The molecule has 47 heavy (non-hydrogen) atoms. The predicted molar refractivity (Wildman–Crippen MR) is 183 cm³/mol.